The summed E-state index contributed by atoms with van der Waals surface area (Å²) in [6.07, 6.45) is 0.794. The van der Waals surface area contributed by atoms with Crippen molar-refractivity contribution in [1.29, 1.82) is 0 Å². The highest BCUT2D eigenvalue weighted by molar-refractivity contribution is 6.12. The average molecular weight is 209 g/mol. The third-order valence-corrected chi connectivity index (χ3v) is 3.02. The number of carbonyl (C=O) groups excluding carboxylic acids is 1. The van der Waals surface area contributed by atoms with Crippen LogP contribution in [0.2, 0.25) is 0 Å². The second kappa shape index (κ2) is 3.20. The van der Waals surface area contributed by atoms with Gasteiger partial charge in [-0.3, -0.25) is 4.79 Å². The zero-order chi connectivity index (χ0) is 11.1. The first-order chi connectivity index (χ1) is 7.75. The largest absolute Gasteiger partial charge is 0.399 e. The summed E-state index contributed by atoms with van der Waals surface area (Å²) in [6.45, 7) is 0. The van der Waals surface area contributed by atoms with Gasteiger partial charge in [0.25, 0.3) is 0 Å². The van der Waals surface area contributed by atoms with Crippen LogP contribution < -0.4 is 5.73 Å². The van der Waals surface area contributed by atoms with Crippen molar-refractivity contribution in [3.05, 3.63) is 64.7 Å². The van der Waals surface area contributed by atoms with Crippen LogP contribution in [0, 0.1) is 0 Å². The minimum atomic E-state index is 0.108. The van der Waals surface area contributed by atoms with Crippen molar-refractivity contribution in [2.24, 2.45) is 0 Å². The number of fused-ring (bicyclic) bond motifs is 2. The van der Waals surface area contributed by atoms with Gasteiger partial charge in [-0.2, -0.15) is 0 Å². The van der Waals surface area contributed by atoms with Crippen molar-refractivity contribution in [2.45, 2.75) is 6.42 Å². The summed E-state index contributed by atoms with van der Waals surface area (Å²) in [5, 5.41) is 0. The van der Waals surface area contributed by atoms with Gasteiger partial charge in [0.1, 0.15) is 0 Å². The SMILES string of the molecule is Nc1ccc2c(c1)Cc1ccccc1C2=O. The van der Waals surface area contributed by atoms with E-state index >= 15 is 0 Å². The van der Waals surface area contributed by atoms with E-state index in [2.05, 4.69) is 0 Å². The van der Waals surface area contributed by atoms with Gasteiger partial charge in [0.2, 0.25) is 0 Å². The molecule has 0 amide bonds. The molecule has 0 spiro atoms. The fraction of sp³-hybridized carbons (Fsp3) is 0.0714. The van der Waals surface area contributed by atoms with Crippen LogP contribution in [-0.2, 0) is 6.42 Å². The first-order valence-corrected chi connectivity index (χ1v) is 5.27. The maximum Gasteiger partial charge on any atom is 0.193 e. The van der Waals surface area contributed by atoms with Gasteiger partial charge in [0, 0.05) is 16.8 Å². The van der Waals surface area contributed by atoms with Gasteiger partial charge >= 0.3 is 0 Å². The Morgan fingerprint density at radius 1 is 0.938 bits per heavy atom. The Labute approximate surface area is 93.7 Å². The monoisotopic (exact) mass is 209 g/mol. The first kappa shape index (κ1) is 9.16. The fourth-order valence-electron chi connectivity index (χ4n) is 2.23. The summed E-state index contributed by atoms with van der Waals surface area (Å²) in [7, 11) is 0. The number of carbonyl (C=O) groups is 1. The van der Waals surface area contributed by atoms with Gasteiger partial charge in [-0.15, -0.1) is 0 Å². The highest BCUT2D eigenvalue weighted by atomic mass is 16.1. The molecule has 2 nitrogen and oxygen atoms in total. The molecule has 0 aromatic heterocycles. The zero-order valence-electron chi connectivity index (χ0n) is 8.73. The van der Waals surface area contributed by atoms with Crippen LogP contribution in [0.25, 0.3) is 0 Å². The van der Waals surface area contributed by atoms with E-state index in [1.54, 1.807) is 6.07 Å². The van der Waals surface area contributed by atoms with E-state index in [1.807, 2.05) is 36.4 Å². The van der Waals surface area contributed by atoms with Gasteiger partial charge in [-0.1, -0.05) is 24.3 Å². The molecule has 0 bridgehead atoms. The highest BCUT2D eigenvalue weighted by Gasteiger charge is 2.22. The lowest BCUT2D eigenvalue weighted by Crippen LogP contribution is -2.15. The number of ketones is 1. The van der Waals surface area contributed by atoms with Crippen molar-refractivity contribution in [1.82, 2.24) is 0 Å². The Morgan fingerprint density at radius 3 is 2.56 bits per heavy atom. The lowest BCUT2D eigenvalue weighted by molar-refractivity contribution is 0.103. The third-order valence-electron chi connectivity index (χ3n) is 3.02. The lowest BCUT2D eigenvalue weighted by atomic mass is 9.85. The summed E-state index contributed by atoms with van der Waals surface area (Å²) in [6, 6.07) is 13.2. The van der Waals surface area contributed by atoms with Crippen molar-refractivity contribution in [2.75, 3.05) is 5.73 Å². The first-order valence-electron chi connectivity index (χ1n) is 5.27. The Hall–Kier alpha value is -2.09. The van der Waals surface area contributed by atoms with E-state index in [9.17, 15) is 4.79 Å². The topological polar surface area (TPSA) is 43.1 Å². The summed E-state index contributed by atoms with van der Waals surface area (Å²) < 4.78 is 0. The van der Waals surface area contributed by atoms with E-state index in [0.29, 0.717) is 5.69 Å². The van der Waals surface area contributed by atoms with E-state index < -0.39 is 0 Å². The molecular formula is C14H11NO. The number of nitrogens with two attached hydrogens (primary N) is 1. The Morgan fingerprint density at radius 2 is 1.69 bits per heavy atom. The van der Waals surface area contributed by atoms with E-state index in [1.165, 1.54) is 0 Å². The summed E-state index contributed by atoms with van der Waals surface area (Å²) >= 11 is 0. The van der Waals surface area contributed by atoms with Gasteiger partial charge in [0.15, 0.2) is 5.78 Å². The number of nitrogen functional groups attached to an aromatic ring is 1. The molecule has 0 radical (unpaired) electrons. The second-order valence-electron chi connectivity index (χ2n) is 4.08. The Balaban J connectivity index is 2.22. The number of anilines is 1. The maximum atomic E-state index is 12.2. The molecule has 3 rings (SSSR count). The molecule has 16 heavy (non-hydrogen) atoms. The normalized spacial score (nSPS) is 13.1. The lowest BCUT2D eigenvalue weighted by Gasteiger charge is -2.18. The zero-order valence-corrected chi connectivity index (χ0v) is 8.73. The predicted octanol–water partition coefficient (Wildman–Crippen LogP) is 2.40. The molecule has 2 aromatic carbocycles. The van der Waals surface area contributed by atoms with E-state index in [4.69, 9.17) is 5.73 Å². The average Bonchev–Trinajstić information content (AvgIpc) is 2.29. The van der Waals surface area contributed by atoms with Gasteiger partial charge in [0.05, 0.1) is 0 Å². The number of rotatable bonds is 0. The summed E-state index contributed by atoms with van der Waals surface area (Å²) in [4.78, 5) is 12.2. The molecule has 0 saturated carbocycles. The molecule has 0 fully saturated rings. The van der Waals surface area contributed by atoms with Crippen LogP contribution in [0.5, 0.6) is 0 Å². The molecule has 2 heteroatoms. The van der Waals surface area contributed by atoms with Crippen LogP contribution in [0.3, 0.4) is 0 Å². The fourth-order valence-corrected chi connectivity index (χ4v) is 2.23. The van der Waals surface area contributed by atoms with Gasteiger partial charge in [-0.05, 0) is 35.7 Å². The molecule has 0 aliphatic heterocycles. The summed E-state index contributed by atoms with van der Waals surface area (Å²) in [5.74, 6) is 0.108. The highest BCUT2D eigenvalue weighted by Crippen LogP contribution is 2.27. The molecular weight excluding hydrogens is 198 g/mol. The number of hydrogen-bond donors (Lipinski definition) is 1. The Kier molecular flexibility index (Phi) is 1.83. The molecule has 0 atom stereocenters. The maximum absolute atomic E-state index is 12.2. The third kappa shape index (κ3) is 1.23. The standard InChI is InChI=1S/C14H11NO/c15-11-5-6-13-10(8-11)7-9-3-1-2-4-12(9)14(13)16/h1-6,8H,7,15H2. The van der Waals surface area contributed by atoms with Crippen molar-refractivity contribution in [3.63, 3.8) is 0 Å². The molecule has 0 saturated heterocycles. The molecule has 0 heterocycles. The molecule has 1 aliphatic rings. The Bertz CT molecular complexity index is 587. The molecule has 2 aromatic rings. The van der Waals surface area contributed by atoms with Crippen LogP contribution in [-0.4, -0.2) is 5.78 Å². The molecule has 2 N–H and O–H groups in total. The van der Waals surface area contributed by atoms with Crippen LogP contribution >= 0.6 is 0 Å². The molecule has 1 aliphatic carbocycles. The predicted molar refractivity (Wildman–Crippen MR) is 63.5 cm³/mol. The molecule has 0 unspecified atom stereocenters. The number of hydrogen-bond acceptors (Lipinski definition) is 2. The second-order valence-corrected chi connectivity index (χ2v) is 4.08. The van der Waals surface area contributed by atoms with Crippen LogP contribution in [0.1, 0.15) is 27.0 Å². The van der Waals surface area contributed by atoms with E-state index in [-0.39, 0.29) is 5.78 Å². The minimum Gasteiger partial charge on any atom is -0.399 e. The van der Waals surface area contributed by atoms with Crippen molar-refractivity contribution < 1.29 is 4.79 Å². The van der Waals surface area contributed by atoms with Gasteiger partial charge in [-0.25, -0.2) is 0 Å². The van der Waals surface area contributed by atoms with Crippen LogP contribution in [0.4, 0.5) is 5.69 Å². The minimum absolute atomic E-state index is 0.108. The number of benzene rings is 2. The van der Waals surface area contributed by atoms with Crippen molar-refractivity contribution >= 4 is 11.5 Å². The smallest absolute Gasteiger partial charge is 0.193 e. The van der Waals surface area contributed by atoms with Crippen LogP contribution in [0.15, 0.2) is 42.5 Å². The van der Waals surface area contributed by atoms with E-state index in [0.717, 1.165) is 28.7 Å². The molecule has 78 valence electrons. The quantitative estimate of drug-likeness (QED) is 0.578. The summed E-state index contributed by atoms with van der Waals surface area (Å²) in [5.41, 5.74) is 10.2. The van der Waals surface area contributed by atoms with Crippen molar-refractivity contribution in [3.8, 4) is 0 Å². The van der Waals surface area contributed by atoms with Gasteiger partial charge < -0.3 is 5.73 Å².